The number of hydrogen-bond acceptors (Lipinski definition) is 4. The summed E-state index contributed by atoms with van der Waals surface area (Å²) < 4.78 is 1.98. The predicted octanol–water partition coefficient (Wildman–Crippen LogP) is 2.50. The van der Waals surface area contributed by atoms with E-state index in [1.54, 1.807) is 18.2 Å². The number of fused-ring (bicyclic) bond motifs is 1. The molecule has 0 unspecified atom stereocenters. The van der Waals surface area contributed by atoms with E-state index >= 15 is 0 Å². The van der Waals surface area contributed by atoms with E-state index in [4.69, 9.17) is 0 Å². The first-order valence-electron chi connectivity index (χ1n) is 8.37. The fourth-order valence-corrected chi connectivity index (χ4v) is 2.97. The Labute approximate surface area is 145 Å². The van der Waals surface area contributed by atoms with Gasteiger partial charge in [0.2, 0.25) is 5.91 Å². The zero-order chi connectivity index (χ0) is 17.6. The third-order valence-corrected chi connectivity index (χ3v) is 4.30. The molecule has 130 valence electrons. The van der Waals surface area contributed by atoms with Crippen LogP contribution in [0.4, 0.5) is 5.69 Å². The van der Waals surface area contributed by atoms with E-state index in [0.29, 0.717) is 13.1 Å². The van der Waals surface area contributed by atoms with Crippen molar-refractivity contribution in [1.82, 2.24) is 15.1 Å². The Kier molecular flexibility index (Phi) is 5.23. The summed E-state index contributed by atoms with van der Waals surface area (Å²) in [7, 11) is 0. The highest BCUT2D eigenvalue weighted by Crippen LogP contribution is 2.20. The minimum absolute atomic E-state index is 0.0316. The maximum absolute atomic E-state index is 11.9. The molecule has 0 aliphatic heterocycles. The van der Waals surface area contributed by atoms with Crippen LogP contribution in [0.5, 0.6) is 0 Å². The molecule has 1 heterocycles. The number of aryl methyl sites for hydroxylation is 1. The Morgan fingerprint density at radius 1 is 1.28 bits per heavy atom. The van der Waals surface area contributed by atoms with Gasteiger partial charge < -0.3 is 5.32 Å². The van der Waals surface area contributed by atoms with E-state index in [1.807, 2.05) is 10.9 Å². The van der Waals surface area contributed by atoms with Gasteiger partial charge >= 0.3 is 0 Å². The lowest BCUT2D eigenvalue weighted by Gasteiger charge is -2.13. The highest BCUT2D eigenvalue weighted by Gasteiger charge is 2.14. The average Bonchev–Trinajstić information content (AvgIpc) is 3.04. The molecular weight excluding hydrogens is 320 g/mol. The summed E-state index contributed by atoms with van der Waals surface area (Å²) in [6.45, 7) is 1.17. The molecule has 1 aromatic heterocycles. The van der Waals surface area contributed by atoms with Crippen LogP contribution in [0.2, 0.25) is 0 Å². The van der Waals surface area contributed by atoms with Crippen molar-refractivity contribution in [3.8, 4) is 0 Å². The molecule has 1 amide bonds. The molecule has 0 saturated carbocycles. The summed E-state index contributed by atoms with van der Waals surface area (Å²) in [4.78, 5) is 22.0. The molecule has 7 heteroatoms. The van der Waals surface area contributed by atoms with E-state index < -0.39 is 4.92 Å². The number of nitro benzene ring substituents is 1. The number of nitrogens with zero attached hydrogens (tertiary/aromatic N) is 3. The number of non-ortho nitro benzene ring substituents is 1. The maximum Gasteiger partial charge on any atom is 0.269 e. The SMILES string of the molecule is O=C(/C=C/c1ccc([N+](=O)[O-])cc1)NCCn1ncc2c1CCCC2. The zero-order valence-electron chi connectivity index (χ0n) is 13.9. The second-order valence-corrected chi connectivity index (χ2v) is 6.02. The largest absolute Gasteiger partial charge is 0.351 e. The molecule has 2 aromatic rings. The Bertz CT molecular complexity index is 793. The molecule has 0 radical (unpaired) electrons. The van der Waals surface area contributed by atoms with Crippen molar-refractivity contribution in [2.45, 2.75) is 32.2 Å². The van der Waals surface area contributed by atoms with Crippen LogP contribution in [0.25, 0.3) is 6.08 Å². The van der Waals surface area contributed by atoms with Gasteiger partial charge in [-0.25, -0.2) is 0 Å². The van der Waals surface area contributed by atoms with Crippen molar-refractivity contribution >= 4 is 17.7 Å². The summed E-state index contributed by atoms with van der Waals surface area (Å²) in [5.41, 5.74) is 3.39. The van der Waals surface area contributed by atoms with Gasteiger partial charge in [0.1, 0.15) is 0 Å². The van der Waals surface area contributed by atoms with E-state index in [-0.39, 0.29) is 11.6 Å². The van der Waals surface area contributed by atoms with Gasteiger partial charge in [0.25, 0.3) is 5.69 Å². The summed E-state index contributed by atoms with van der Waals surface area (Å²) >= 11 is 0. The summed E-state index contributed by atoms with van der Waals surface area (Å²) in [5, 5.41) is 17.8. The summed E-state index contributed by atoms with van der Waals surface area (Å²) in [5.74, 6) is -0.195. The molecule has 0 fully saturated rings. The number of benzene rings is 1. The molecule has 25 heavy (non-hydrogen) atoms. The average molecular weight is 340 g/mol. The predicted molar refractivity (Wildman–Crippen MR) is 94.0 cm³/mol. The van der Waals surface area contributed by atoms with Crippen molar-refractivity contribution in [1.29, 1.82) is 0 Å². The van der Waals surface area contributed by atoms with Crippen molar-refractivity contribution in [2.24, 2.45) is 0 Å². The van der Waals surface area contributed by atoms with Gasteiger partial charge in [-0.05, 0) is 55.0 Å². The Morgan fingerprint density at radius 2 is 2.04 bits per heavy atom. The van der Waals surface area contributed by atoms with E-state index in [1.165, 1.54) is 42.3 Å². The van der Waals surface area contributed by atoms with Crippen LogP contribution >= 0.6 is 0 Å². The van der Waals surface area contributed by atoms with Crippen molar-refractivity contribution < 1.29 is 9.72 Å². The van der Waals surface area contributed by atoms with Crippen LogP contribution in [0.3, 0.4) is 0 Å². The van der Waals surface area contributed by atoms with Gasteiger partial charge in [-0.1, -0.05) is 0 Å². The molecule has 0 spiro atoms. The molecule has 1 aliphatic carbocycles. The van der Waals surface area contributed by atoms with Gasteiger partial charge in [0.15, 0.2) is 0 Å². The van der Waals surface area contributed by atoms with Crippen molar-refractivity contribution in [2.75, 3.05) is 6.54 Å². The Hall–Kier alpha value is -2.96. The molecular formula is C18H20N4O3. The van der Waals surface area contributed by atoms with Gasteiger partial charge in [-0.2, -0.15) is 5.10 Å². The summed E-state index contributed by atoms with van der Waals surface area (Å²) in [6, 6.07) is 6.05. The van der Waals surface area contributed by atoms with Crippen LogP contribution in [0.1, 0.15) is 29.7 Å². The van der Waals surface area contributed by atoms with Gasteiger partial charge in [-0.3, -0.25) is 19.6 Å². The quantitative estimate of drug-likeness (QED) is 0.497. The normalized spacial score (nSPS) is 13.6. The first kappa shape index (κ1) is 16.9. The monoisotopic (exact) mass is 340 g/mol. The number of carbonyl (C=O) groups is 1. The number of hydrogen-bond donors (Lipinski definition) is 1. The standard InChI is InChI=1S/C18H20N4O3/c23-18(10-7-14-5-8-16(9-6-14)22(24)25)19-11-12-21-17-4-2-1-3-15(17)13-20-21/h5-10,13H,1-4,11-12H2,(H,19,23)/b10-7+. The molecule has 0 bridgehead atoms. The highest BCUT2D eigenvalue weighted by atomic mass is 16.6. The molecule has 7 nitrogen and oxygen atoms in total. The molecule has 0 atom stereocenters. The van der Waals surface area contributed by atoms with Gasteiger partial charge in [0.05, 0.1) is 17.7 Å². The zero-order valence-corrected chi connectivity index (χ0v) is 13.9. The third kappa shape index (κ3) is 4.32. The first-order valence-corrected chi connectivity index (χ1v) is 8.37. The number of aromatic nitrogens is 2. The van der Waals surface area contributed by atoms with E-state index in [2.05, 4.69) is 10.4 Å². The molecule has 1 aromatic carbocycles. The number of nitro groups is 1. The second-order valence-electron chi connectivity index (χ2n) is 6.02. The maximum atomic E-state index is 11.9. The second kappa shape index (κ2) is 7.74. The molecule has 1 N–H and O–H groups in total. The summed E-state index contributed by atoms with van der Waals surface area (Å²) in [6.07, 6.45) is 9.58. The molecule has 1 aliphatic rings. The minimum atomic E-state index is -0.450. The van der Waals surface area contributed by atoms with Crippen LogP contribution < -0.4 is 5.32 Å². The first-order chi connectivity index (χ1) is 12.1. The number of carbonyl (C=O) groups excluding carboxylic acids is 1. The molecule has 3 rings (SSSR count). The highest BCUT2D eigenvalue weighted by molar-refractivity contribution is 5.91. The van der Waals surface area contributed by atoms with Gasteiger partial charge in [0, 0.05) is 30.4 Å². The Balaban J connectivity index is 1.48. The van der Waals surface area contributed by atoms with E-state index in [9.17, 15) is 14.9 Å². The lowest BCUT2D eigenvalue weighted by atomic mass is 9.98. The van der Waals surface area contributed by atoms with Crippen LogP contribution in [0.15, 0.2) is 36.5 Å². The topological polar surface area (TPSA) is 90.1 Å². The fourth-order valence-electron chi connectivity index (χ4n) is 2.97. The van der Waals surface area contributed by atoms with Crippen LogP contribution in [-0.2, 0) is 24.2 Å². The minimum Gasteiger partial charge on any atom is -0.351 e. The fraction of sp³-hybridized carbons (Fsp3) is 0.333. The lowest BCUT2D eigenvalue weighted by molar-refractivity contribution is -0.384. The number of amides is 1. The smallest absolute Gasteiger partial charge is 0.269 e. The van der Waals surface area contributed by atoms with Gasteiger partial charge in [-0.15, -0.1) is 0 Å². The third-order valence-electron chi connectivity index (χ3n) is 4.30. The Morgan fingerprint density at radius 3 is 2.80 bits per heavy atom. The lowest BCUT2D eigenvalue weighted by Crippen LogP contribution is -2.26. The van der Waals surface area contributed by atoms with Crippen LogP contribution in [-0.4, -0.2) is 27.2 Å². The van der Waals surface area contributed by atoms with Crippen LogP contribution in [0, 0.1) is 10.1 Å². The number of nitrogens with one attached hydrogen (secondary N) is 1. The van der Waals surface area contributed by atoms with Crippen molar-refractivity contribution in [3.05, 3.63) is 63.5 Å². The van der Waals surface area contributed by atoms with Crippen molar-refractivity contribution in [3.63, 3.8) is 0 Å². The molecule has 0 saturated heterocycles. The number of rotatable bonds is 6. The van der Waals surface area contributed by atoms with E-state index in [0.717, 1.165) is 18.4 Å².